The van der Waals surface area contributed by atoms with E-state index < -0.39 is 0 Å². The molecule has 0 aromatic heterocycles. The average Bonchev–Trinajstić information content (AvgIpc) is 2.40. The van der Waals surface area contributed by atoms with Gasteiger partial charge in [-0.1, -0.05) is 29.3 Å². The molecule has 0 saturated heterocycles. The van der Waals surface area contributed by atoms with Crippen molar-refractivity contribution in [1.29, 1.82) is 0 Å². The van der Waals surface area contributed by atoms with Crippen LogP contribution in [0.3, 0.4) is 0 Å². The number of halogens is 2. The molecule has 4 nitrogen and oxygen atoms in total. The molecule has 6 heteroatoms. The van der Waals surface area contributed by atoms with Crippen molar-refractivity contribution in [2.45, 2.75) is 6.92 Å². The third-order valence-electron chi connectivity index (χ3n) is 2.72. The van der Waals surface area contributed by atoms with Crippen molar-refractivity contribution >= 4 is 44.8 Å². The molecule has 0 spiro atoms. The second-order valence-electron chi connectivity index (χ2n) is 4.51. The molecule has 0 aliphatic carbocycles. The number of nitrogens with one attached hydrogen (secondary N) is 1. The van der Waals surface area contributed by atoms with E-state index in [1.807, 2.05) is 31.2 Å². The molecule has 0 saturated carbocycles. The monoisotopic (exact) mass is 368 g/mol. The van der Waals surface area contributed by atoms with Crippen molar-refractivity contribution < 1.29 is 9.53 Å². The van der Waals surface area contributed by atoms with E-state index in [1.165, 1.54) is 0 Å². The van der Waals surface area contributed by atoms with Gasteiger partial charge in [0.2, 0.25) is 0 Å². The molecule has 0 fully saturated rings. The van der Waals surface area contributed by atoms with Crippen molar-refractivity contribution in [3.63, 3.8) is 0 Å². The number of benzene rings is 2. The molecule has 0 unspecified atom stereocenters. The van der Waals surface area contributed by atoms with Crippen LogP contribution >= 0.6 is 27.5 Å². The van der Waals surface area contributed by atoms with Crippen LogP contribution in [0.2, 0.25) is 5.02 Å². The summed E-state index contributed by atoms with van der Waals surface area (Å²) in [4.78, 5) is 11.8. The predicted molar refractivity (Wildman–Crippen MR) is 88.9 cm³/mol. The molecule has 110 valence electrons. The quantitative estimate of drug-likeness (QED) is 0.800. The van der Waals surface area contributed by atoms with Crippen molar-refractivity contribution in [1.82, 2.24) is 0 Å². The van der Waals surface area contributed by atoms with Gasteiger partial charge in [-0.05, 0) is 47.1 Å². The number of carbonyl (C=O) groups excluding carboxylic acids is 1. The van der Waals surface area contributed by atoms with E-state index in [9.17, 15) is 4.79 Å². The second kappa shape index (κ2) is 6.83. The Morgan fingerprint density at radius 3 is 2.62 bits per heavy atom. The molecule has 2 aromatic rings. The van der Waals surface area contributed by atoms with E-state index in [4.69, 9.17) is 22.1 Å². The highest BCUT2D eigenvalue weighted by Gasteiger charge is 2.10. The lowest BCUT2D eigenvalue weighted by molar-refractivity contribution is -0.118. The van der Waals surface area contributed by atoms with E-state index >= 15 is 0 Å². The molecule has 2 rings (SSSR count). The topological polar surface area (TPSA) is 64.3 Å². The lowest BCUT2D eigenvalue weighted by atomic mass is 10.2. The van der Waals surface area contributed by atoms with Crippen LogP contribution in [-0.2, 0) is 4.79 Å². The summed E-state index contributed by atoms with van der Waals surface area (Å²) in [5.41, 5.74) is 8.03. The lowest BCUT2D eigenvalue weighted by Gasteiger charge is -2.11. The lowest BCUT2D eigenvalue weighted by Crippen LogP contribution is -2.20. The van der Waals surface area contributed by atoms with Crippen LogP contribution in [0, 0.1) is 6.92 Å². The van der Waals surface area contributed by atoms with Gasteiger partial charge in [-0.3, -0.25) is 4.79 Å². The van der Waals surface area contributed by atoms with Gasteiger partial charge in [-0.2, -0.15) is 0 Å². The van der Waals surface area contributed by atoms with Gasteiger partial charge in [0.1, 0.15) is 0 Å². The zero-order chi connectivity index (χ0) is 15.4. The van der Waals surface area contributed by atoms with Crippen molar-refractivity contribution in [3.8, 4) is 5.75 Å². The van der Waals surface area contributed by atoms with E-state index in [1.54, 1.807) is 12.1 Å². The fourth-order valence-corrected chi connectivity index (χ4v) is 2.65. The Kier molecular flexibility index (Phi) is 5.09. The number of ether oxygens (including phenoxy) is 1. The fraction of sp³-hybridized carbons (Fsp3) is 0.133. The van der Waals surface area contributed by atoms with Crippen LogP contribution in [-0.4, -0.2) is 12.5 Å². The highest BCUT2D eigenvalue weighted by atomic mass is 79.9. The highest BCUT2D eigenvalue weighted by Crippen LogP contribution is 2.34. The minimum Gasteiger partial charge on any atom is -0.480 e. The molecule has 0 heterocycles. The molecule has 0 atom stereocenters. The van der Waals surface area contributed by atoms with Gasteiger partial charge in [0, 0.05) is 10.7 Å². The number of hydrogen-bond donors (Lipinski definition) is 2. The second-order valence-corrected chi connectivity index (χ2v) is 5.80. The first-order valence-electron chi connectivity index (χ1n) is 6.19. The summed E-state index contributed by atoms with van der Waals surface area (Å²) >= 11 is 9.16. The van der Waals surface area contributed by atoms with Crippen molar-refractivity contribution in [2.24, 2.45) is 0 Å². The smallest absolute Gasteiger partial charge is 0.262 e. The maximum atomic E-state index is 11.8. The summed E-state index contributed by atoms with van der Waals surface area (Å²) < 4.78 is 6.04. The molecule has 2 aromatic carbocycles. The number of aryl methyl sites for hydroxylation is 1. The number of carbonyl (C=O) groups is 1. The van der Waals surface area contributed by atoms with Gasteiger partial charge in [0.25, 0.3) is 5.91 Å². The third-order valence-corrected chi connectivity index (χ3v) is 3.53. The maximum Gasteiger partial charge on any atom is 0.262 e. The van der Waals surface area contributed by atoms with Crippen molar-refractivity contribution in [3.05, 3.63) is 51.5 Å². The standard InChI is InChI=1S/C15H14BrClN2O2/c1-9-2-4-11(5-3-9)19-14(20)8-21-15-12(16)6-10(17)7-13(15)18/h2-7H,8,18H2,1H3,(H,19,20). The number of rotatable bonds is 4. The van der Waals surface area contributed by atoms with Crippen LogP contribution < -0.4 is 15.8 Å². The average molecular weight is 370 g/mol. The number of anilines is 2. The molecule has 0 aliphatic heterocycles. The van der Waals surface area contributed by atoms with Crippen LogP contribution in [0.5, 0.6) is 5.75 Å². The molecule has 3 N–H and O–H groups in total. The van der Waals surface area contributed by atoms with Gasteiger partial charge in [0.05, 0.1) is 10.2 Å². The summed E-state index contributed by atoms with van der Waals surface area (Å²) in [6.07, 6.45) is 0. The summed E-state index contributed by atoms with van der Waals surface area (Å²) in [6.45, 7) is 1.84. The Morgan fingerprint density at radius 2 is 2.00 bits per heavy atom. The van der Waals surface area contributed by atoms with Crippen LogP contribution in [0.25, 0.3) is 0 Å². The number of hydrogen-bond acceptors (Lipinski definition) is 3. The van der Waals surface area contributed by atoms with Gasteiger partial charge in [-0.15, -0.1) is 0 Å². The third kappa shape index (κ3) is 4.37. The molecule has 21 heavy (non-hydrogen) atoms. The Bertz CT molecular complexity index is 636. The molecule has 0 radical (unpaired) electrons. The molecule has 0 bridgehead atoms. The molecule has 0 aliphatic rings. The number of nitrogens with two attached hydrogens (primary N) is 1. The van der Waals surface area contributed by atoms with Crippen LogP contribution in [0.1, 0.15) is 5.56 Å². The van der Waals surface area contributed by atoms with E-state index in [0.717, 1.165) is 11.3 Å². The first kappa shape index (κ1) is 15.7. The van der Waals surface area contributed by atoms with Gasteiger partial charge in [-0.25, -0.2) is 0 Å². The summed E-state index contributed by atoms with van der Waals surface area (Å²) in [5, 5.41) is 3.24. The van der Waals surface area contributed by atoms with Crippen molar-refractivity contribution in [2.75, 3.05) is 17.7 Å². The van der Waals surface area contributed by atoms with Gasteiger partial charge in [0.15, 0.2) is 12.4 Å². The molecular formula is C15H14BrClN2O2. The Labute approximate surface area is 136 Å². The fourth-order valence-electron chi connectivity index (χ4n) is 1.70. The highest BCUT2D eigenvalue weighted by molar-refractivity contribution is 9.10. The van der Waals surface area contributed by atoms with Gasteiger partial charge >= 0.3 is 0 Å². The first-order valence-corrected chi connectivity index (χ1v) is 7.36. The summed E-state index contributed by atoms with van der Waals surface area (Å²) in [7, 11) is 0. The normalized spacial score (nSPS) is 10.2. The minimum atomic E-state index is -0.264. The SMILES string of the molecule is Cc1ccc(NC(=O)COc2c(N)cc(Cl)cc2Br)cc1. The summed E-state index contributed by atoms with van der Waals surface area (Å²) in [5.74, 6) is 0.138. The minimum absolute atomic E-state index is 0.141. The van der Waals surface area contributed by atoms with Gasteiger partial charge < -0.3 is 15.8 Å². The summed E-state index contributed by atoms with van der Waals surface area (Å²) in [6, 6.07) is 10.7. The number of nitrogen functional groups attached to an aromatic ring is 1. The maximum absolute atomic E-state index is 11.8. The van der Waals surface area contributed by atoms with E-state index in [-0.39, 0.29) is 12.5 Å². The predicted octanol–water partition coefficient (Wildman–Crippen LogP) is 4.01. The Balaban J connectivity index is 1.97. The molecular weight excluding hydrogens is 356 g/mol. The Hall–Kier alpha value is -1.72. The van der Waals surface area contributed by atoms with Crippen LogP contribution in [0.4, 0.5) is 11.4 Å². The van der Waals surface area contributed by atoms with Crippen LogP contribution in [0.15, 0.2) is 40.9 Å². The van der Waals surface area contributed by atoms with E-state index in [2.05, 4.69) is 21.2 Å². The van der Waals surface area contributed by atoms with E-state index in [0.29, 0.717) is 20.9 Å². The number of amides is 1. The first-order chi connectivity index (χ1) is 9.95. The molecule has 1 amide bonds. The zero-order valence-electron chi connectivity index (χ0n) is 11.3. The largest absolute Gasteiger partial charge is 0.480 e. The zero-order valence-corrected chi connectivity index (χ0v) is 13.7. The Morgan fingerprint density at radius 1 is 1.33 bits per heavy atom.